The lowest BCUT2D eigenvalue weighted by atomic mass is 9.86. The maximum absolute atomic E-state index is 3.63. The van der Waals surface area contributed by atoms with Crippen molar-refractivity contribution in [3.8, 4) is 0 Å². The first kappa shape index (κ1) is 14.7. The van der Waals surface area contributed by atoms with E-state index >= 15 is 0 Å². The van der Waals surface area contributed by atoms with Gasteiger partial charge in [-0.15, -0.1) is 0 Å². The molecule has 17 heavy (non-hydrogen) atoms. The summed E-state index contributed by atoms with van der Waals surface area (Å²) in [5.74, 6) is 0. The maximum Gasteiger partial charge on any atom is 0.0207 e. The Labute approximate surface area is 114 Å². The highest BCUT2D eigenvalue weighted by Gasteiger charge is 2.18. The Hall–Kier alpha value is -0.340. The van der Waals surface area contributed by atoms with E-state index in [1.807, 2.05) is 0 Å². The average Bonchev–Trinajstić information content (AvgIpc) is 2.19. The van der Waals surface area contributed by atoms with Crippen LogP contribution in [0.3, 0.4) is 0 Å². The Morgan fingerprint density at radius 1 is 1.24 bits per heavy atom. The number of likely N-dealkylation sites (N-methyl/N-ethyl adjacent to an activating group) is 1. The van der Waals surface area contributed by atoms with Crippen LogP contribution in [0.4, 0.5) is 0 Å². The number of halogens is 1. The van der Waals surface area contributed by atoms with Crippen molar-refractivity contribution in [3.63, 3.8) is 0 Å². The lowest BCUT2D eigenvalue weighted by molar-refractivity contribution is 0.309. The highest BCUT2D eigenvalue weighted by atomic mass is 79.9. The summed E-state index contributed by atoms with van der Waals surface area (Å²) in [5, 5.41) is 3.59. The van der Waals surface area contributed by atoms with Crippen molar-refractivity contribution in [1.29, 1.82) is 0 Å². The Kier molecular flexibility index (Phi) is 5.68. The van der Waals surface area contributed by atoms with Gasteiger partial charge in [0, 0.05) is 10.5 Å². The topological polar surface area (TPSA) is 12.0 Å². The Morgan fingerprint density at radius 2 is 1.88 bits per heavy atom. The molecule has 0 spiro atoms. The van der Waals surface area contributed by atoms with E-state index < -0.39 is 0 Å². The van der Waals surface area contributed by atoms with E-state index in [1.54, 1.807) is 0 Å². The molecule has 0 saturated heterocycles. The third kappa shape index (κ3) is 5.69. The molecule has 1 atom stereocenters. The van der Waals surface area contributed by atoms with E-state index in [0.29, 0.717) is 11.5 Å². The summed E-state index contributed by atoms with van der Waals surface area (Å²) in [6.45, 7) is 10.1. The molecule has 0 saturated carbocycles. The van der Waals surface area contributed by atoms with Crippen LogP contribution in [0.5, 0.6) is 0 Å². The second-order valence-electron chi connectivity index (χ2n) is 5.81. The number of rotatable bonds is 5. The van der Waals surface area contributed by atoms with Crippen LogP contribution in [0, 0.1) is 5.41 Å². The van der Waals surface area contributed by atoms with Crippen LogP contribution in [0.25, 0.3) is 0 Å². The zero-order valence-corrected chi connectivity index (χ0v) is 13.0. The molecule has 0 bridgehead atoms. The van der Waals surface area contributed by atoms with Crippen molar-refractivity contribution in [2.24, 2.45) is 5.41 Å². The molecule has 0 aliphatic heterocycles. The van der Waals surface area contributed by atoms with E-state index in [1.165, 1.54) is 16.5 Å². The third-order valence-electron chi connectivity index (χ3n) is 2.78. The normalized spacial score (nSPS) is 13.7. The predicted octanol–water partition coefficient (Wildman–Crippen LogP) is 4.41. The van der Waals surface area contributed by atoms with E-state index in [4.69, 9.17) is 0 Å². The minimum absolute atomic E-state index is 0.369. The summed E-state index contributed by atoms with van der Waals surface area (Å²) in [6.07, 6.45) is 2.29. The molecule has 0 heterocycles. The number of benzene rings is 1. The van der Waals surface area contributed by atoms with E-state index in [-0.39, 0.29) is 0 Å². The molecule has 1 aromatic carbocycles. The first-order chi connectivity index (χ1) is 7.92. The summed E-state index contributed by atoms with van der Waals surface area (Å²) in [6, 6.07) is 9.06. The van der Waals surface area contributed by atoms with Crippen molar-refractivity contribution in [3.05, 3.63) is 34.3 Å². The molecule has 0 radical (unpaired) electrons. The van der Waals surface area contributed by atoms with Gasteiger partial charge in [0.1, 0.15) is 0 Å². The molecule has 1 aromatic rings. The highest BCUT2D eigenvalue weighted by molar-refractivity contribution is 9.10. The van der Waals surface area contributed by atoms with Crippen LogP contribution in [0.1, 0.15) is 39.7 Å². The van der Waals surface area contributed by atoms with Gasteiger partial charge in [0.25, 0.3) is 0 Å². The molecule has 0 fully saturated rings. The molecule has 0 aromatic heterocycles. The fourth-order valence-corrected chi connectivity index (χ4v) is 2.62. The maximum atomic E-state index is 3.63. The number of hydrogen-bond donors (Lipinski definition) is 1. The van der Waals surface area contributed by atoms with Crippen molar-refractivity contribution in [2.75, 3.05) is 6.54 Å². The van der Waals surface area contributed by atoms with Gasteiger partial charge < -0.3 is 5.32 Å². The molecular formula is C15H24BrN. The molecular weight excluding hydrogens is 274 g/mol. The second kappa shape index (κ2) is 6.55. The lowest BCUT2D eigenvalue weighted by Crippen LogP contribution is -2.34. The van der Waals surface area contributed by atoms with Gasteiger partial charge in [-0.05, 0) is 36.4 Å². The Morgan fingerprint density at radius 3 is 2.41 bits per heavy atom. The fourth-order valence-electron chi connectivity index (χ4n) is 2.17. The van der Waals surface area contributed by atoms with Gasteiger partial charge in [0.15, 0.2) is 0 Å². The van der Waals surface area contributed by atoms with Crippen molar-refractivity contribution >= 4 is 15.9 Å². The zero-order valence-electron chi connectivity index (χ0n) is 11.4. The van der Waals surface area contributed by atoms with Crippen LogP contribution in [0.15, 0.2) is 28.7 Å². The molecule has 1 unspecified atom stereocenters. The van der Waals surface area contributed by atoms with Gasteiger partial charge in [-0.3, -0.25) is 0 Å². The van der Waals surface area contributed by atoms with Crippen LogP contribution in [-0.2, 0) is 6.42 Å². The fraction of sp³-hybridized carbons (Fsp3) is 0.600. The standard InChI is InChI=1S/C15H24BrN/c1-5-17-13(11-15(2,3)4)10-12-8-6-7-9-14(12)16/h6-9,13,17H,5,10-11H2,1-4H3. The van der Waals surface area contributed by atoms with Gasteiger partial charge in [0.2, 0.25) is 0 Å². The molecule has 2 heteroatoms. The monoisotopic (exact) mass is 297 g/mol. The van der Waals surface area contributed by atoms with E-state index in [2.05, 4.69) is 73.2 Å². The Balaban J connectivity index is 2.70. The van der Waals surface area contributed by atoms with Crippen LogP contribution >= 0.6 is 15.9 Å². The average molecular weight is 298 g/mol. The largest absolute Gasteiger partial charge is 0.314 e. The van der Waals surface area contributed by atoms with Crippen molar-refractivity contribution in [1.82, 2.24) is 5.32 Å². The highest BCUT2D eigenvalue weighted by Crippen LogP contribution is 2.24. The van der Waals surface area contributed by atoms with Gasteiger partial charge in [0.05, 0.1) is 0 Å². The predicted molar refractivity (Wildman–Crippen MR) is 79.4 cm³/mol. The van der Waals surface area contributed by atoms with Crippen LogP contribution < -0.4 is 5.32 Å². The van der Waals surface area contributed by atoms with E-state index in [0.717, 1.165) is 13.0 Å². The van der Waals surface area contributed by atoms with Crippen molar-refractivity contribution < 1.29 is 0 Å². The first-order valence-corrected chi connectivity index (χ1v) is 7.18. The summed E-state index contributed by atoms with van der Waals surface area (Å²) in [4.78, 5) is 0. The SMILES string of the molecule is CCNC(Cc1ccccc1Br)CC(C)(C)C. The summed E-state index contributed by atoms with van der Waals surface area (Å²) in [7, 11) is 0. The van der Waals surface area contributed by atoms with Gasteiger partial charge in [-0.25, -0.2) is 0 Å². The summed E-state index contributed by atoms with van der Waals surface area (Å²) < 4.78 is 1.22. The van der Waals surface area contributed by atoms with Crippen molar-refractivity contribution in [2.45, 2.75) is 46.6 Å². The van der Waals surface area contributed by atoms with Crippen LogP contribution in [-0.4, -0.2) is 12.6 Å². The lowest BCUT2D eigenvalue weighted by Gasteiger charge is -2.27. The van der Waals surface area contributed by atoms with Gasteiger partial charge in [-0.1, -0.05) is 61.8 Å². The quantitative estimate of drug-likeness (QED) is 0.849. The first-order valence-electron chi connectivity index (χ1n) is 6.39. The van der Waals surface area contributed by atoms with Crippen LogP contribution in [0.2, 0.25) is 0 Å². The van der Waals surface area contributed by atoms with Gasteiger partial charge >= 0.3 is 0 Å². The molecule has 1 nitrogen and oxygen atoms in total. The molecule has 96 valence electrons. The minimum atomic E-state index is 0.369. The molecule has 1 rings (SSSR count). The molecule has 0 aliphatic carbocycles. The number of hydrogen-bond acceptors (Lipinski definition) is 1. The molecule has 0 amide bonds. The Bertz CT molecular complexity index is 341. The summed E-state index contributed by atoms with van der Waals surface area (Å²) >= 11 is 3.63. The van der Waals surface area contributed by atoms with E-state index in [9.17, 15) is 0 Å². The van der Waals surface area contributed by atoms with Gasteiger partial charge in [-0.2, -0.15) is 0 Å². The minimum Gasteiger partial charge on any atom is -0.314 e. The summed E-state index contributed by atoms with van der Waals surface area (Å²) in [5.41, 5.74) is 1.76. The zero-order chi connectivity index (χ0) is 12.9. The molecule has 0 aliphatic rings. The third-order valence-corrected chi connectivity index (χ3v) is 3.55. The molecule has 1 N–H and O–H groups in total. The second-order valence-corrected chi connectivity index (χ2v) is 6.67. The number of nitrogens with one attached hydrogen (secondary N) is 1. The smallest absolute Gasteiger partial charge is 0.0207 e.